The van der Waals surface area contributed by atoms with Crippen LogP contribution in [-0.4, -0.2) is 29.5 Å². The molecule has 0 aromatic heterocycles. The standard InChI is InChI=1S/C11H22BrNO2/c1-11(2,6-8-14)9-13-10(15)5-3-4-7-12/h14H,3-9H2,1-2H3,(H,13,15). The van der Waals surface area contributed by atoms with Crippen molar-refractivity contribution >= 4 is 21.8 Å². The lowest BCUT2D eigenvalue weighted by molar-refractivity contribution is -0.121. The molecule has 3 nitrogen and oxygen atoms in total. The maximum atomic E-state index is 11.4. The lowest BCUT2D eigenvalue weighted by Crippen LogP contribution is -2.34. The minimum absolute atomic E-state index is 0.0141. The fraction of sp³-hybridized carbons (Fsp3) is 0.909. The third kappa shape index (κ3) is 8.88. The van der Waals surface area contributed by atoms with Crippen LogP contribution in [0.4, 0.5) is 0 Å². The third-order valence-electron chi connectivity index (χ3n) is 2.34. The fourth-order valence-electron chi connectivity index (χ4n) is 1.20. The van der Waals surface area contributed by atoms with Gasteiger partial charge in [-0.2, -0.15) is 0 Å². The predicted octanol–water partition coefficient (Wildman–Crippen LogP) is 2.08. The van der Waals surface area contributed by atoms with E-state index in [1.807, 2.05) is 13.8 Å². The Hall–Kier alpha value is -0.0900. The molecule has 0 bridgehead atoms. The van der Waals surface area contributed by atoms with Gasteiger partial charge in [-0.05, 0) is 24.7 Å². The Morgan fingerprint density at radius 3 is 2.60 bits per heavy atom. The highest BCUT2D eigenvalue weighted by Gasteiger charge is 2.17. The number of rotatable bonds is 8. The maximum Gasteiger partial charge on any atom is 0.220 e. The van der Waals surface area contributed by atoms with Crippen LogP contribution in [0.1, 0.15) is 39.5 Å². The molecule has 0 atom stereocenters. The van der Waals surface area contributed by atoms with Gasteiger partial charge in [-0.1, -0.05) is 29.8 Å². The number of unbranched alkanes of at least 4 members (excludes halogenated alkanes) is 1. The molecular formula is C11H22BrNO2. The Balaban J connectivity index is 3.60. The summed E-state index contributed by atoms with van der Waals surface area (Å²) in [5.41, 5.74) is -0.0141. The van der Waals surface area contributed by atoms with Gasteiger partial charge in [0.15, 0.2) is 0 Å². The summed E-state index contributed by atoms with van der Waals surface area (Å²) in [5.74, 6) is 0.113. The number of alkyl halides is 1. The number of hydrogen-bond donors (Lipinski definition) is 2. The van der Waals surface area contributed by atoms with Crippen LogP contribution in [0, 0.1) is 5.41 Å². The van der Waals surface area contributed by atoms with Crippen molar-refractivity contribution in [2.75, 3.05) is 18.5 Å². The Bertz CT molecular complexity index is 183. The molecule has 0 aromatic rings. The van der Waals surface area contributed by atoms with Gasteiger partial charge < -0.3 is 10.4 Å². The number of amides is 1. The van der Waals surface area contributed by atoms with E-state index in [2.05, 4.69) is 21.2 Å². The van der Waals surface area contributed by atoms with Crippen molar-refractivity contribution in [2.45, 2.75) is 39.5 Å². The Morgan fingerprint density at radius 1 is 1.40 bits per heavy atom. The lowest BCUT2D eigenvalue weighted by Gasteiger charge is -2.23. The van der Waals surface area contributed by atoms with Crippen molar-refractivity contribution in [3.8, 4) is 0 Å². The first-order valence-corrected chi connectivity index (χ1v) is 6.57. The van der Waals surface area contributed by atoms with Crippen LogP contribution < -0.4 is 5.32 Å². The molecule has 0 rings (SSSR count). The molecule has 0 aliphatic rings. The van der Waals surface area contributed by atoms with E-state index >= 15 is 0 Å². The highest BCUT2D eigenvalue weighted by Crippen LogP contribution is 2.17. The number of halogens is 1. The monoisotopic (exact) mass is 279 g/mol. The van der Waals surface area contributed by atoms with Gasteiger partial charge in [0.25, 0.3) is 0 Å². The molecule has 90 valence electrons. The zero-order chi connectivity index (χ0) is 11.7. The molecule has 0 heterocycles. The second-order valence-corrected chi connectivity index (χ2v) is 5.35. The van der Waals surface area contributed by atoms with E-state index in [1.165, 1.54) is 0 Å². The molecule has 15 heavy (non-hydrogen) atoms. The minimum Gasteiger partial charge on any atom is -0.396 e. The molecular weight excluding hydrogens is 258 g/mol. The van der Waals surface area contributed by atoms with Gasteiger partial charge in [0.1, 0.15) is 0 Å². The first kappa shape index (κ1) is 14.9. The molecule has 1 amide bonds. The summed E-state index contributed by atoms with van der Waals surface area (Å²) in [6.45, 7) is 4.90. The smallest absolute Gasteiger partial charge is 0.220 e. The molecule has 0 fully saturated rings. The Morgan fingerprint density at radius 2 is 2.07 bits per heavy atom. The van der Waals surface area contributed by atoms with E-state index in [1.54, 1.807) is 0 Å². The average molecular weight is 280 g/mol. The molecule has 0 radical (unpaired) electrons. The number of hydrogen-bond acceptors (Lipinski definition) is 2. The summed E-state index contributed by atoms with van der Waals surface area (Å²) in [7, 11) is 0. The predicted molar refractivity (Wildman–Crippen MR) is 66.1 cm³/mol. The molecule has 0 unspecified atom stereocenters. The van der Waals surface area contributed by atoms with E-state index in [4.69, 9.17) is 5.11 Å². The molecule has 4 heteroatoms. The number of carbonyl (C=O) groups excluding carboxylic acids is 1. The van der Waals surface area contributed by atoms with Gasteiger partial charge in [-0.25, -0.2) is 0 Å². The van der Waals surface area contributed by atoms with Crippen LogP contribution in [0.2, 0.25) is 0 Å². The normalized spacial score (nSPS) is 11.5. The van der Waals surface area contributed by atoms with Crippen molar-refractivity contribution in [2.24, 2.45) is 5.41 Å². The van der Waals surface area contributed by atoms with E-state index in [0.717, 1.165) is 18.2 Å². The fourth-order valence-corrected chi connectivity index (χ4v) is 1.59. The zero-order valence-corrected chi connectivity index (χ0v) is 11.3. The van der Waals surface area contributed by atoms with E-state index in [-0.39, 0.29) is 17.9 Å². The first-order valence-electron chi connectivity index (χ1n) is 5.45. The summed E-state index contributed by atoms with van der Waals surface area (Å²) in [6.07, 6.45) is 3.28. The van der Waals surface area contributed by atoms with E-state index in [0.29, 0.717) is 19.4 Å². The number of nitrogens with one attached hydrogen (secondary N) is 1. The minimum atomic E-state index is -0.0141. The summed E-state index contributed by atoms with van der Waals surface area (Å²) >= 11 is 3.33. The lowest BCUT2D eigenvalue weighted by atomic mass is 9.90. The second-order valence-electron chi connectivity index (χ2n) is 4.56. The second kappa shape index (κ2) is 8.11. The topological polar surface area (TPSA) is 49.3 Å². The Kier molecular flexibility index (Phi) is 8.06. The molecule has 2 N–H and O–H groups in total. The highest BCUT2D eigenvalue weighted by atomic mass is 79.9. The van der Waals surface area contributed by atoms with Gasteiger partial charge in [0.2, 0.25) is 5.91 Å². The molecule has 0 saturated carbocycles. The van der Waals surface area contributed by atoms with Gasteiger partial charge >= 0.3 is 0 Å². The Labute approximate surface area is 101 Å². The van der Waals surface area contributed by atoms with Crippen LogP contribution in [0.3, 0.4) is 0 Å². The van der Waals surface area contributed by atoms with Gasteiger partial charge in [-0.3, -0.25) is 4.79 Å². The highest BCUT2D eigenvalue weighted by molar-refractivity contribution is 9.09. The van der Waals surface area contributed by atoms with Crippen molar-refractivity contribution < 1.29 is 9.90 Å². The maximum absolute atomic E-state index is 11.4. The molecule has 0 aliphatic heterocycles. The summed E-state index contributed by atoms with van der Waals surface area (Å²) in [5, 5.41) is 12.7. The number of carbonyl (C=O) groups is 1. The van der Waals surface area contributed by atoms with Crippen molar-refractivity contribution in [3.63, 3.8) is 0 Å². The summed E-state index contributed by atoms with van der Waals surface area (Å²) in [4.78, 5) is 11.4. The van der Waals surface area contributed by atoms with Crippen LogP contribution in [0.5, 0.6) is 0 Å². The van der Waals surface area contributed by atoms with Crippen molar-refractivity contribution in [1.29, 1.82) is 0 Å². The van der Waals surface area contributed by atoms with Crippen LogP contribution in [0.25, 0.3) is 0 Å². The summed E-state index contributed by atoms with van der Waals surface area (Å²) < 4.78 is 0. The molecule has 0 saturated heterocycles. The van der Waals surface area contributed by atoms with Crippen LogP contribution >= 0.6 is 15.9 Å². The van der Waals surface area contributed by atoms with Gasteiger partial charge in [0, 0.05) is 24.9 Å². The molecule has 0 spiro atoms. The number of aliphatic hydroxyl groups excluding tert-OH is 1. The van der Waals surface area contributed by atoms with E-state index < -0.39 is 0 Å². The zero-order valence-electron chi connectivity index (χ0n) is 9.68. The first-order chi connectivity index (χ1) is 7.02. The largest absolute Gasteiger partial charge is 0.396 e. The van der Waals surface area contributed by atoms with Crippen LogP contribution in [0.15, 0.2) is 0 Å². The quantitative estimate of drug-likeness (QED) is 0.528. The third-order valence-corrected chi connectivity index (χ3v) is 2.90. The van der Waals surface area contributed by atoms with Gasteiger partial charge in [-0.15, -0.1) is 0 Å². The van der Waals surface area contributed by atoms with Gasteiger partial charge in [0.05, 0.1) is 0 Å². The van der Waals surface area contributed by atoms with Crippen molar-refractivity contribution in [1.82, 2.24) is 5.32 Å². The van der Waals surface area contributed by atoms with E-state index in [9.17, 15) is 4.79 Å². The van der Waals surface area contributed by atoms with Crippen molar-refractivity contribution in [3.05, 3.63) is 0 Å². The average Bonchev–Trinajstić information content (AvgIpc) is 2.15. The van der Waals surface area contributed by atoms with Crippen LogP contribution in [-0.2, 0) is 4.79 Å². The summed E-state index contributed by atoms with van der Waals surface area (Å²) in [6, 6.07) is 0. The molecule has 0 aromatic carbocycles. The SMILES string of the molecule is CC(C)(CCO)CNC(=O)CCCCBr. The number of aliphatic hydroxyl groups is 1. The molecule has 0 aliphatic carbocycles.